The zero-order chi connectivity index (χ0) is 9.97. The van der Waals surface area contributed by atoms with Gasteiger partial charge >= 0.3 is 0 Å². The number of nitrogens with one attached hydrogen (secondary N) is 1. The first-order valence-corrected chi connectivity index (χ1v) is 5.15. The summed E-state index contributed by atoms with van der Waals surface area (Å²) in [5.41, 5.74) is 2.01. The lowest BCUT2D eigenvalue weighted by molar-refractivity contribution is 0.270. The van der Waals surface area contributed by atoms with Gasteiger partial charge in [-0.1, -0.05) is 0 Å². The van der Waals surface area contributed by atoms with E-state index >= 15 is 0 Å². The summed E-state index contributed by atoms with van der Waals surface area (Å²) in [6.45, 7) is 2.21. The highest BCUT2D eigenvalue weighted by Crippen LogP contribution is 2.22. The van der Waals surface area contributed by atoms with Gasteiger partial charge in [0.1, 0.15) is 0 Å². The van der Waals surface area contributed by atoms with E-state index in [1.165, 1.54) is 12.8 Å². The Bertz CT molecular complexity index is 302. The van der Waals surface area contributed by atoms with Crippen LogP contribution in [0.5, 0.6) is 0 Å². The third-order valence-electron chi connectivity index (χ3n) is 2.87. The van der Waals surface area contributed by atoms with Gasteiger partial charge in [0.05, 0.1) is 18.0 Å². The Morgan fingerprint density at radius 3 is 3.14 bits per heavy atom. The van der Waals surface area contributed by atoms with Gasteiger partial charge in [0.2, 0.25) is 0 Å². The van der Waals surface area contributed by atoms with Crippen molar-refractivity contribution in [2.75, 3.05) is 13.1 Å². The van der Waals surface area contributed by atoms with Crippen LogP contribution < -0.4 is 5.32 Å². The van der Waals surface area contributed by atoms with Gasteiger partial charge in [0, 0.05) is 19.5 Å². The lowest BCUT2D eigenvalue weighted by Crippen LogP contribution is -2.28. The van der Waals surface area contributed by atoms with Crippen LogP contribution in [-0.2, 0) is 13.7 Å². The summed E-state index contributed by atoms with van der Waals surface area (Å²) in [5.74, 6) is 0.523. The van der Waals surface area contributed by atoms with Crippen molar-refractivity contribution in [1.82, 2.24) is 15.1 Å². The van der Waals surface area contributed by atoms with Crippen LogP contribution in [0, 0.1) is 0 Å². The molecule has 1 aromatic heterocycles. The molecular formula is C10H17N3O. The van der Waals surface area contributed by atoms with Crippen molar-refractivity contribution in [1.29, 1.82) is 0 Å². The van der Waals surface area contributed by atoms with Crippen molar-refractivity contribution < 1.29 is 5.11 Å². The monoisotopic (exact) mass is 195 g/mol. The molecule has 0 spiro atoms. The highest BCUT2D eigenvalue weighted by Gasteiger charge is 2.18. The largest absolute Gasteiger partial charge is 0.390 e. The number of rotatable bonds is 2. The maximum absolute atomic E-state index is 9.05. The highest BCUT2D eigenvalue weighted by atomic mass is 16.3. The Morgan fingerprint density at radius 2 is 2.57 bits per heavy atom. The standard InChI is InChI=1S/C10H17N3O/c1-13-9(7-14)5-10(12-13)8-3-2-4-11-6-8/h5,8,11,14H,2-4,6-7H2,1H3/t8-/m1/s1. The molecule has 0 aromatic carbocycles. The molecule has 2 rings (SSSR count). The van der Waals surface area contributed by atoms with Gasteiger partial charge in [-0.2, -0.15) is 5.10 Å². The van der Waals surface area contributed by atoms with Gasteiger partial charge in [-0.3, -0.25) is 4.68 Å². The van der Waals surface area contributed by atoms with E-state index in [4.69, 9.17) is 5.11 Å². The van der Waals surface area contributed by atoms with Crippen LogP contribution in [0.1, 0.15) is 30.1 Å². The molecule has 0 aliphatic carbocycles. The third-order valence-corrected chi connectivity index (χ3v) is 2.87. The fourth-order valence-corrected chi connectivity index (χ4v) is 1.98. The molecular weight excluding hydrogens is 178 g/mol. The molecule has 1 aliphatic heterocycles. The number of aliphatic hydroxyl groups excluding tert-OH is 1. The smallest absolute Gasteiger partial charge is 0.0849 e. The Balaban J connectivity index is 2.14. The summed E-state index contributed by atoms with van der Waals surface area (Å²) in [5, 5.41) is 16.8. The van der Waals surface area contributed by atoms with Crippen molar-refractivity contribution in [3.8, 4) is 0 Å². The van der Waals surface area contributed by atoms with E-state index in [0.717, 1.165) is 24.5 Å². The predicted octanol–water partition coefficient (Wildman–Crippen LogP) is 0.379. The van der Waals surface area contributed by atoms with Gasteiger partial charge in [0.25, 0.3) is 0 Å². The average Bonchev–Trinajstić information content (AvgIpc) is 2.61. The second-order valence-electron chi connectivity index (χ2n) is 3.89. The number of aromatic nitrogens is 2. The molecule has 78 valence electrons. The molecule has 4 nitrogen and oxygen atoms in total. The van der Waals surface area contributed by atoms with Gasteiger partial charge in [-0.15, -0.1) is 0 Å². The zero-order valence-corrected chi connectivity index (χ0v) is 8.53. The van der Waals surface area contributed by atoms with Crippen molar-refractivity contribution in [2.45, 2.75) is 25.4 Å². The molecule has 1 aromatic rings. The second kappa shape index (κ2) is 4.11. The van der Waals surface area contributed by atoms with E-state index in [9.17, 15) is 0 Å². The molecule has 2 N–H and O–H groups in total. The van der Waals surface area contributed by atoms with Crippen LogP contribution in [0.3, 0.4) is 0 Å². The molecule has 1 fully saturated rings. The zero-order valence-electron chi connectivity index (χ0n) is 8.53. The summed E-state index contributed by atoms with van der Waals surface area (Å²) in [4.78, 5) is 0. The molecule has 0 radical (unpaired) electrons. The molecule has 2 heterocycles. The maximum Gasteiger partial charge on any atom is 0.0849 e. The van der Waals surface area contributed by atoms with Crippen molar-refractivity contribution in [3.63, 3.8) is 0 Å². The molecule has 0 unspecified atom stereocenters. The summed E-state index contributed by atoms with van der Waals surface area (Å²) in [6.07, 6.45) is 2.42. The van der Waals surface area contributed by atoms with Crippen LogP contribution >= 0.6 is 0 Å². The van der Waals surface area contributed by atoms with E-state index in [1.54, 1.807) is 4.68 Å². The Labute approximate surface area is 83.9 Å². The minimum Gasteiger partial charge on any atom is -0.390 e. The molecule has 1 atom stereocenters. The normalized spacial score (nSPS) is 22.6. The minimum absolute atomic E-state index is 0.0731. The number of aryl methyl sites for hydroxylation is 1. The summed E-state index contributed by atoms with van der Waals surface area (Å²) in [6, 6.07) is 2.01. The first-order chi connectivity index (χ1) is 6.81. The van der Waals surface area contributed by atoms with Crippen molar-refractivity contribution in [3.05, 3.63) is 17.5 Å². The van der Waals surface area contributed by atoms with E-state index in [1.807, 2.05) is 13.1 Å². The highest BCUT2D eigenvalue weighted by molar-refractivity contribution is 5.15. The molecule has 1 saturated heterocycles. The molecule has 4 heteroatoms. The fraction of sp³-hybridized carbons (Fsp3) is 0.700. The van der Waals surface area contributed by atoms with Crippen molar-refractivity contribution >= 4 is 0 Å². The predicted molar refractivity (Wildman–Crippen MR) is 54.0 cm³/mol. The van der Waals surface area contributed by atoms with Gasteiger partial charge in [-0.25, -0.2) is 0 Å². The molecule has 0 bridgehead atoms. The third kappa shape index (κ3) is 1.81. The first-order valence-electron chi connectivity index (χ1n) is 5.15. The number of hydrogen-bond donors (Lipinski definition) is 2. The van der Waals surface area contributed by atoms with E-state index in [0.29, 0.717) is 5.92 Å². The van der Waals surface area contributed by atoms with Crippen LogP contribution in [0.4, 0.5) is 0 Å². The summed E-state index contributed by atoms with van der Waals surface area (Å²) in [7, 11) is 1.88. The number of nitrogens with zero attached hydrogens (tertiary/aromatic N) is 2. The lowest BCUT2D eigenvalue weighted by atomic mass is 9.96. The Hall–Kier alpha value is -0.870. The van der Waals surface area contributed by atoms with E-state index in [-0.39, 0.29) is 6.61 Å². The maximum atomic E-state index is 9.05. The second-order valence-corrected chi connectivity index (χ2v) is 3.89. The SMILES string of the molecule is Cn1nc([C@@H]2CCCNC2)cc1CO. The number of aliphatic hydroxyl groups is 1. The fourth-order valence-electron chi connectivity index (χ4n) is 1.98. The number of hydrogen-bond acceptors (Lipinski definition) is 3. The number of piperidine rings is 1. The molecule has 1 aliphatic rings. The topological polar surface area (TPSA) is 50.1 Å². The van der Waals surface area contributed by atoms with Crippen LogP contribution in [-0.4, -0.2) is 28.0 Å². The Morgan fingerprint density at radius 1 is 1.71 bits per heavy atom. The quantitative estimate of drug-likeness (QED) is 0.717. The van der Waals surface area contributed by atoms with Crippen molar-refractivity contribution in [2.24, 2.45) is 7.05 Å². The van der Waals surface area contributed by atoms with Gasteiger partial charge < -0.3 is 10.4 Å². The van der Waals surface area contributed by atoms with Crippen LogP contribution in [0.25, 0.3) is 0 Å². The first kappa shape index (κ1) is 9.68. The van der Waals surface area contributed by atoms with Crippen LogP contribution in [0.15, 0.2) is 6.07 Å². The average molecular weight is 195 g/mol. The van der Waals surface area contributed by atoms with E-state index in [2.05, 4.69) is 10.4 Å². The van der Waals surface area contributed by atoms with Crippen LogP contribution in [0.2, 0.25) is 0 Å². The minimum atomic E-state index is 0.0731. The van der Waals surface area contributed by atoms with E-state index < -0.39 is 0 Å². The summed E-state index contributed by atoms with van der Waals surface area (Å²) < 4.78 is 1.77. The van der Waals surface area contributed by atoms with Gasteiger partial charge in [0.15, 0.2) is 0 Å². The molecule has 14 heavy (non-hydrogen) atoms. The summed E-state index contributed by atoms with van der Waals surface area (Å²) >= 11 is 0. The molecule has 0 saturated carbocycles. The lowest BCUT2D eigenvalue weighted by Gasteiger charge is -2.20. The Kier molecular flexibility index (Phi) is 2.84. The van der Waals surface area contributed by atoms with Gasteiger partial charge in [-0.05, 0) is 25.5 Å². The molecule has 0 amide bonds.